The van der Waals surface area contributed by atoms with Crippen molar-refractivity contribution in [1.29, 1.82) is 0 Å². The second-order valence-electron chi connectivity index (χ2n) is 7.93. The Morgan fingerprint density at radius 3 is 2.03 bits per heavy atom. The number of carbonyl (C=O) groups excluding carboxylic acids is 1. The van der Waals surface area contributed by atoms with Crippen LogP contribution in [0.3, 0.4) is 0 Å². The lowest BCUT2D eigenvalue weighted by Crippen LogP contribution is -2.60. The van der Waals surface area contributed by atoms with Crippen LogP contribution in [-0.4, -0.2) is 115 Å². The molecule has 1 aliphatic rings. The van der Waals surface area contributed by atoms with Crippen molar-refractivity contribution in [3.63, 3.8) is 0 Å². The highest BCUT2D eigenvalue weighted by molar-refractivity contribution is 5.98. The van der Waals surface area contributed by atoms with E-state index in [4.69, 9.17) is 9.47 Å². The van der Waals surface area contributed by atoms with Crippen molar-refractivity contribution in [3.05, 3.63) is 29.8 Å². The van der Waals surface area contributed by atoms with E-state index in [0.717, 1.165) is 0 Å². The number of rotatable bonds is 9. The molecule has 1 saturated heterocycles. The fourth-order valence-corrected chi connectivity index (χ4v) is 3.34. The maximum Gasteiger partial charge on any atom is 0.229 e. The summed E-state index contributed by atoms with van der Waals surface area (Å²) in [5.74, 6) is 0.159. The van der Waals surface area contributed by atoms with Gasteiger partial charge in [0.15, 0.2) is 5.78 Å². The molecule has 0 aliphatic carbocycles. The number of aliphatic hydroxyl groups excluding tert-OH is 4. The minimum atomic E-state index is -1.51. The smallest absolute Gasteiger partial charge is 0.229 e. The number of ether oxygens (including phenoxy) is 2. The Kier molecular flexibility index (Phi) is 8.53. The molecule has 9 heteroatoms. The van der Waals surface area contributed by atoms with Crippen LogP contribution in [0.2, 0.25) is 0 Å². The van der Waals surface area contributed by atoms with Crippen molar-refractivity contribution in [2.75, 3.05) is 47.9 Å². The number of hydrogen-bond acceptors (Lipinski definition) is 9. The molecule has 0 unspecified atom stereocenters. The molecule has 5 atom stereocenters. The number of hydrogen-bond donors (Lipinski definition) is 4. The zero-order valence-electron chi connectivity index (χ0n) is 17.3. The molecule has 1 aromatic rings. The molecule has 0 aromatic heterocycles. The average molecular weight is 412 g/mol. The summed E-state index contributed by atoms with van der Waals surface area (Å²) in [7, 11) is 7.70. The lowest BCUT2D eigenvalue weighted by atomic mass is 9.96. The predicted molar refractivity (Wildman–Crippen MR) is 106 cm³/mol. The molecular weight excluding hydrogens is 380 g/mol. The molecule has 164 valence electrons. The third-order valence-corrected chi connectivity index (χ3v) is 4.78. The Balaban J connectivity index is 2.08. The minimum Gasteiger partial charge on any atom is -0.462 e. The molecule has 2 rings (SSSR count). The van der Waals surface area contributed by atoms with E-state index in [9.17, 15) is 25.2 Å². The second-order valence-corrected chi connectivity index (χ2v) is 7.93. The summed E-state index contributed by atoms with van der Waals surface area (Å²) in [5, 5.41) is 39.0. The van der Waals surface area contributed by atoms with E-state index < -0.39 is 37.3 Å². The van der Waals surface area contributed by atoms with Crippen LogP contribution in [-0.2, 0) is 4.74 Å². The van der Waals surface area contributed by atoms with Gasteiger partial charge in [0, 0.05) is 24.6 Å². The third kappa shape index (κ3) is 6.19. The zero-order chi connectivity index (χ0) is 21.7. The van der Waals surface area contributed by atoms with Gasteiger partial charge in [0.05, 0.1) is 6.61 Å². The molecule has 0 amide bonds. The maximum atomic E-state index is 12.9. The molecule has 1 heterocycles. The lowest BCUT2D eigenvalue weighted by molar-refractivity contribution is -0.277. The summed E-state index contributed by atoms with van der Waals surface area (Å²) in [6.07, 6.45) is -6.75. The van der Waals surface area contributed by atoms with E-state index in [1.807, 2.05) is 38.0 Å². The van der Waals surface area contributed by atoms with Crippen molar-refractivity contribution in [1.82, 2.24) is 9.80 Å². The normalized spacial score (nSPS) is 27.6. The largest absolute Gasteiger partial charge is 0.462 e. The van der Waals surface area contributed by atoms with Crippen LogP contribution >= 0.6 is 0 Å². The minimum absolute atomic E-state index is 0.0202. The van der Waals surface area contributed by atoms with Gasteiger partial charge >= 0.3 is 0 Å². The quantitative estimate of drug-likeness (QED) is 0.370. The lowest BCUT2D eigenvalue weighted by Gasteiger charge is -2.39. The van der Waals surface area contributed by atoms with E-state index in [0.29, 0.717) is 24.4 Å². The molecule has 0 saturated carbocycles. The van der Waals surface area contributed by atoms with Gasteiger partial charge in [-0.15, -0.1) is 0 Å². The number of Topliss-reactive ketones (excluding diaryl/α,β-unsaturated/α-hetero) is 1. The highest BCUT2D eigenvalue weighted by Gasteiger charge is 2.44. The fraction of sp³-hybridized carbons (Fsp3) is 0.650. The molecule has 0 radical (unpaired) electrons. The van der Waals surface area contributed by atoms with Gasteiger partial charge in [-0.3, -0.25) is 4.79 Å². The summed E-state index contributed by atoms with van der Waals surface area (Å²) < 4.78 is 10.9. The van der Waals surface area contributed by atoms with Crippen molar-refractivity contribution < 1.29 is 34.7 Å². The van der Waals surface area contributed by atoms with Crippen LogP contribution in [0.4, 0.5) is 0 Å². The third-order valence-electron chi connectivity index (χ3n) is 4.78. The van der Waals surface area contributed by atoms with Gasteiger partial charge in [0.2, 0.25) is 6.29 Å². The summed E-state index contributed by atoms with van der Waals surface area (Å²) in [4.78, 5) is 16.8. The van der Waals surface area contributed by atoms with Gasteiger partial charge in [0.1, 0.15) is 30.2 Å². The number of aliphatic hydroxyl groups is 4. The van der Waals surface area contributed by atoms with E-state index in [2.05, 4.69) is 0 Å². The van der Waals surface area contributed by atoms with Crippen LogP contribution < -0.4 is 4.74 Å². The highest BCUT2D eigenvalue weighted by atomic mass is 16.7. The predicted octanol–water partition coefficient (Wildman–Crippen LogP) is -1.21. The molecule has 0 bridgehead atoms. The summed E-state index contributed by atoms with van der Waals surface area (Å²) >= 11 is 0. The zero-order valence-corrected chi connectivity index (χ0v) is 17.3. The molecule has 9 nitrogen and oxygen atoms in total. The van der Waals surface area contributed by atoms with E-state index in [1.165, 1.54) is 0 Å². The Bertz CT molecular complexity index is 641. The van der Waals surface area contributed by atoms with Crippen LogP contribution in [0.25, 0.3) is 0 Å². The van der Waals surface area contributed by atoms with Crippen LogP contribution in [0.1, 0.15) is 10.4 Å². The van der Waals surface area contributed by atoms with Gasteiger partial charge < -0.3 is 39.7 Å². The van der Waals surface area contributed by atoms with Gasteiger partial charge in [-0.1, -0.05) is 0 Å². The van der Waals surface area contributed by atoms with Gasteiger partial charge in [-0.25, -0.2) is 0 Å². The topological polar surface area (TPSA) is 123 Å². The second kappa shape index (κ2) is 10.4. The maximum absolute atomic E-state index is 12.9. The molecule has 1 aliphatic heterocycles. The Hall–Kier alpha value is -1.59. The molecule has 1 fully saturated rings. The number of ketones is 1. The number of carbonyl (C=O) groups is 1. The van der Waals surface area contributed by atoms with E-state index in [1.54, 1.807) is 24.3 Å². The van der Waals surface area contributed by atoms with Crippen molar-refractivity contribution in [2.45, 2.75) is 30.7 Å². The summed E-state index contributed by atoms with van der Waals surface area (Å²) in [5.41, 5.74) is 0.542. The molecule has 4 N–H and O–H groups in total. The number of benzene rings is 1. The summed E-state index contributed by atoms with van der Waals surface area (Å²) in [6.45, 7) is 0.720. The standard InChI is InChI=1S/C20H32N2O7/c1-21(2)9-13(10-22(3)4)16(24)12-5-7-14(8-6-12)28-20-19(27)18(26)17(25)15(11-23)29-20/h5-8,13,15,17-20,23,25-27H,9-11H2,1-4H3/t15-,17+,18+,19-,20+/m0/s1. The number of nitrogens with zero attached hydrogens (tertiary/aromatic N) is 2. The van der Waals surface area contributed by atoms with Crippen LogP contribution in [0.15, 0.2) is 24.3 Å². The Morgan fingerprint density at radius 1 is 1.00 bits per heavy atom. The first-order valence-corrected chi connectivity index (χ1v) is 9.55. The fourth-order valence-electron chi connectivity index (χ4n) is 3.34. The Labute approximate surface area is 171 Å². The first-order chi connectivity index (χ1) is 13.6. The van der Waals surface area contributed by atoms with Gasteiger partial charge in [-0.2, -0.15) is 0 Å². The van der Waals surface area contributed by atoms with Gasteiger partial charge in [0.25, 0.3) is 0 Å². The average Bonchev–Trinajstić information content (AvgIpc) is 2.67. The first kappa shape index (κ1) is 23.7. The van der Waals surface area contributed by atoms with E-state index in [-0.39, 0.29) is 11.7 Å². The molecule has 0 spiro atoms. The molecular formula is C20H32N2O7. The monoisotopic (exact) mass is 412 g/mol. The van der Waals surface area contributed by atoms with Crippen molar-refractivity contribution >= 4 is 5.78 Å². The van der Waals surface area contributed by atoms with E-state index >= 15 is 0 Å². The SMILES string of the molecule is CN(C)CC(CN(C)C)C(=O)c1ccc(O[C@@H]2O[C@@H](CO)[C@@H](O)[C@@H](O)[C@@H]2O)cc1. The molecule has 29 heavy (non-hydrogen) atoms. The van der Waals surface area contributed by atoms with Gasteiger partial charge in [-0.05, 0) is 52.5 Å². The highest BCUT2D eigenvalue weighted by Crippen LogP contribution is 2.25. The van der Waals surface area contributed by atoms with Crippen molar-refractivity contribution in [2.24, 2.45) is 5.92 Å². The molecule has 1 aromatic carbocycles. The Morgan fingerprint density at radius 2 is 1.55 bits per heavy atom. The first-order valence-electron chi connectivity index (χ1n) is 9.55. The van der Waals surface area contributed by atoms with Crippen LogP contribution in [0.5, 0.6) is 5.75 Å². The van der Waals surface area contributed by atoms with Crippen molar-refractivity contribution in [3.8, 4) is 5.75 Å². The summed E-state index contributed by atoms with van der Waals surface area (Å²) in [6, 6.07) is 6.44. The van der Waals surface area contributed by atoms with Crippen LogP contribution in [0, 0.1) is 5.92 Å².